The van der Waals surface area contributed by atoms with Gasteiger partial charge in [0, 0.05) is 25.7 Å². The highest BCUT2D eigenvalue weighted by atomic mass is 31.2. The van der Waals surface area contributed by atoms with Crippen molar-refractivity contribution in [3.63, 3.8) is 0 Å². The van der Waals surface area contributed by atoms with E-state index < -0.39 is 97.5 Å². The summed E-state index contributed by atoms with van der Waals surface area (Å²) in [4.78, 5) is 72.7. The Morgan fingerprint density at radius 1 is 0.298 bits per heavy atom. The number of rotatable bonds is 73. The molecule has 0 amide bonds. The zero-order chi connectivity index (χ0) is 69.0. The molecule has 0 aromatic heterocycles. The molecule has 94 heavy (non-hydrogen) atoms. The highest BCUT2D eigenvalue weighted by Gasteiger charge is 2.30. The lowest BCUT2D eigenvalue weighted by Crippen LogP contribution is -2.30. The van der Waals surface area contributed by atoms with Crippen molar-refractivity contribution in [1.29, 1.82) is 0 Å². The summed E-state index contributed by atoms with van der Waals surface area (Å²) in [5, 5.41) is 10.6. The molecule has 0 spiro atoms. The van der Waals surface area contributed by atoms with E-state index in [0.717, 1.165) is 135 Å². The van der Waals surface area contributed by atoms with Gasteiger partial charge in [-0.25, -0.2) is 9.13 Å². The van der Waals surface area contributed by atoms with Crippen LogP contribution in [0.15, 0.2) is 36.5 Å². The van der Waals surface area contributed by atoms with E-state index in [2.05, 4.69) is 64.2 Å². The molecule has 0 fully saturated rings. The number of allylic oxidation sites excluding steroid dienone is 6. The smallest absolute Gasteiger partial charge is 0.462 e. The molecule has 0 bridgehead atoms. The third-order valence-corrected chi connectivity index (χ3v) is 18.5. The van der Waals surface area contributed by atoms with E-state index in [1.54, 1.807) is 0 Å². The number of hydrogen-bond acceptors (Lipinski definition) is 15. The quantitative estimate of drug-likeness (QED) is 0.0169. The topological polar surface area (TPSA) is 237 Å². The summed E-state index contributed by atoms with van der Waals surface area (Å²) in [5.74, 6) is -2.16. The maximum atomic E-state index is 13.1. The Morgan fingerprint density at radius 2 is 0.521 bits per heavy atom. The largest absolute Gasteiger partial charge is 0.472 e. The Bertz CT molecular complexity index is 1930. The number of unbranched alkanes of at least 4 members (excludes halogenated alkanes) is 41. The molecule has 3 N–H and O–H groups in total. The molecule has 19 heteroatoms. The van der Waals surface area contributed by atoms with Crippen LogP contribution in [0.5, 0.6) is 0 Å². The zero-order valence-corrected chi connectivity index (χ0v) is 61.9. The summed E-state index contributed by atoms with van der Waals surface area (Å²) in [6.45, 7) is 4.88. The Hall–Kier alpha value is -2.72. The predicted octanol–water partition coefficient (Wildman–Crippen LogP) is 21.6. The zero-order valence-electron chi connectivity index (χ0n) is 60.2. The fourth-order valence-corrected chi connectivity index (χ4v) is 12.3. The minimum atomic E-state index is -4.96. The molecule has 0 saturated carbocycles. The number of aliphatic hydroxyl groups is 1. The normalized spacial score (nSPS) is 14.2. The minimum Gasteiger partial charge on any atom is -0.462 e. The third kappa shape index (κ3) is 67.8. The molecular weight excluding hydrogens is 1230 g/mol. The van der Waals surface area contributed by atoms with Crippen LogP contribution >= 0.6 is 15.6 Å². The van der Waals surface area contributed by atoms with Gasteiger partial charge in [-0.05, 0) is 83.5 Å². The molecule has 0 heterocycles. The van der Waals surface area contributed by atoms with E-state index in [0.29, 0.717) is 25.7 Å². The molecule has 0 saturated heterocycles. The van der Waals surface area contributed by atoms with Crippen LogP contribution in [-0.2, 0) is 65.4 Å². The number of phosphoric acid groups is 2. The Morgan fingerprint density at radius 3 is 0.819 bits per heavy atom. The highest BCUT2D eigenvalue weighted by Crippen LogP contribution is 2.45. The first kappa shape index (κ1) is 91.3. The lowest BCUT2D eigenvalue weighted by Gasteiger charge is -2.21. The van der Waals surface area contributed by atoms with Gasteiger partial charge in [-0.2, -0.15) is 0 Å². The fraction of sp³-hybridized carbons (Fsp3) is 0.867. The van der Waals surface area contributed by atoms with E-state index in [1.165, 1.54) is 148 Å². The Balaban J connectivity index is 5.28. The van der Waals surface area contributed by atoms with E-state index >= 15 is 0 Å². The standard InChI is InChI=1S/C75H140O17P2/c1-5-9-13-17-21-25-29-32-34-37-40-43-47-51-55-59-72(77)85-65-70(91-74(79)61-57-53-49-45-39-28-24-20-16-12-8-4)67-89-93(81,82)87-63-69(76)64-88-94(83,84)90-68-71(92-75(80)62-58-54-50-46-42-36-31-27-23-19-15-11-7-3)66-86-73(78)60-56-52-48-44-41-38-35-33-30-26-22-18-14-10-6-2/h21,25,32-35,69-71,76H,5-20,22-24,26-31,36-68H2,1-4H3,(H,81,82)(H,83,84)/b25-21-,34-32-,35-33-. The molecule has 5 atom stereocenters. The van der Waals surface area contributed by atoms with Gasteiger partial charge in [0.1, 0.15) is 19.3 Å². The first-order chi connectivity index (χ1) is 45.7. The summed E-state index contributed by atoms with van der Waals surface area (Å²) in [6.07, 6.45) is 62.7. The molecule has 0 aromatic carbocycles. The second-order valence-corrected chi connectivity index (χ2v) is 28.9. The highest BCUT2D eigenvalue weighted by molar-refractivity contribution is 7.47. The minimum absolute atomic E-state index is 0.0996. The van der Waals surface area contributed by atoms with E-state index in [-0.39, 0.29) is 25.7 Å². The molecule has 17 nitrogen and oxygen atoms in total. The van der Waals surface area contributed by atoms with Crippen LogP contribution in [-0.4, -0.2) is 96.7 Å². The van der Waals surface area contributed by atoms with Crippen molar-refractivity contribution in [3.05, 3.63) is 36.5 Å². The first-order valence-electron chi connectivity index (χ1n) is 38.2. The number of esters is 4. The molecule has 0 rings (SSSR count). The van der Waals surface area contributed by atoms with E-state index in [9.17, 15) is 43.2 Å². The summed E-state index contributed by atoms with van der Waals surface area (Å²) in [6, 6.07) is 0. The molecule has 0 aliphatic carbocycles. The molecule has 0 aromatic rings. The van der Waals surface area contributed by atoms with Crippen molar-refractivity contribution in [2.24, 2.45) is 0 Å². The Labute approximate surface area is 573 Å². The molecule has 0 radical (unpaired) electrons. The van der Waals surface area contributed by atoms with Crippen molar-refractivity contribution in [2.75, 3.05) is 39.6 Å². The SMILES string of the molecule is CCCCC/C=C\C/C=C\CCCCCCCC(=O)OCC(COP(=O)(O)OCC(O)COP(=O)(O)OCC(COC(=O)CCCCCCC/C=C\CCCCCCCC)OC(=O)CCCCCCCCCCCCCCC)OC(=O)CCCCCCCCCCCCC. The number of hydrogen-bond donors (Lipinski definition) is 3. The number of carbonyl (C=O) groups excluding carboxylic acids is 4. The van der Waals surface area contributed by atoms with Crippen LogP contribution in [0.2, 0.25) is 0 Å². The summed E-state index contributed by atoms with van der Waals surface area (Å²) in [5.41, 5.74) is 0. The average molecular weight is 1380 g/mol. The maximum absolute atomic E-state index is 13.1. The van der Waals surface area contributed by atoms with Crippen molar-refractivity contribution >= 4 is 39.5 Å². The Kier molecular flexibility index (Phi) is 66.8. The van der Waals surface area contributed by atoms with Crippen molar-refractivity contribution in [3.8, 4) is 0 Å². The third-order valence-electron chi connectivity index (χ3n) is 16.6. The molecule has 552 valence electrons. The lowest BCUT2D eigenvalue weighted by atomic mass is 10.0. The fourth-order valence-electron chi connectivity index (χ4n) is 10.7. The van der Waals surface area contributed by atoms with Gasteiger partial charge in [-0.1, -0.05) is 289 Å². The monoisotopic (exact) mass is 1370 g/mol. The lowest BCUT2D eigenvalue weighted by molar-refractivity contribution is -0.161. The van der Waals surface area contributed by atoms with Crippen LogP contribution in [0.3, 0.4) is 0 Å². The van der Waals surface area contributed by atoms with Crippen LogP contribution in [0.25, 0.3) is 0 Å². The van der Waals surface area contributed by atoms with Gasteiger partial charge in [-0.15, -0.1) is 0 Å². The molecule has 0 aliphatic rings. The van der Waals surface area contributed by atoms with Crippen molar-refractivity contribution in [2.45, 2.75) is 380 Å². The summed E-state index contributed by atoms with van der Waals surface area (Å²) < 4.78 is 68.4. The number of ether oxygens (including phenoxy) is 4. The van der Waals surface area contributed by atoms with Crippen molar-refractivity contribution < 1.29 is 80.2 Å². The number of carbonyl (C=O) groups is 4. The van der Waals surface area contributed by atoms with Gasteiger partial charge in [0.05, 0.1) is 26.4 Å². The average Bonchev–Trinajstić information content (AvgIpc) is 1.35. The van der Waals surface area contributed by atoms with Gasteiger partial charge in [-0.3, -0.25) is 37.3 Å². The van der Waals surface area contributed by atoms with Crippen LogP contribution in [0.4, 0.5) is 0 Å². The van der Waals surface area contributed by atoms with Gasteiger partial charge in [0.2, 0.25) is 0 Å². The summed E-state index contributed by atoms with van der Waals surface area (Å²) in [7, 11) is -9.92. The second kappa shape index (κ2) is 68.8. The van der Waals surface area contributed by atoms with Crippen molar-refractivity contribution in [1.82, 2.24) is 0 Å². The number of phosphoric ester groups is 2. The molecular formula is C75H140O17P2. The van der Waals surface area contributed by atoms with E-state index in [4.69, 9.17) is 37.0 Å². The number of aliphatic hydroxyl groups excluding tert-OH is 1. The molecule has 0 aliphatic heterocycles. The molecule has 5 unspecified atom stereocenters. The van der Waals surface area contributed by atoms with Crippen LogP contribution < -0.4 is 0 Å². The van der Waals surface area contributed by atoms with Gasteiger partial charge in [0.25, 0.3) is 0 Å². The van der Waals surface area contributed by atoms with Gasteiger partial charge >= 0.3 is 39.5 Å². The first-order valence-corrected chi connectivity index (χ1v) is 41.2. The van der Waals surface area contributed by atoms with Crippen LogP contribution in [0, 0.1) is 0 Å². The maximum Gasteiger partial charge on any atom is 0.472 e. The second-order valence-electron chi connectivity index (χ2n) is 26.0. The van der Waals surface area contributed by atoms with Gasteiger partial charge in [0.15, 0.2) is 12.2 Å². The summed E-state index contributed by atoms with van der Waals surface area (Å²) >= 11 is 0. The van der Waals surface area contributed by atoms with E-state index in [1.807, 2.05) is 0 Å². The van der Waals surface area contributed by atoms with Crippen LogP contribution in [0.1, 0.15) is 362 Å². The predicted molar refractivity (Wildman–Crippen MR) is 381 cm³/mol. The van der Waals surface area contributed by atoms with Gasteiger partial charge < -0.3 is 33.8 Å².